The molecule has 0 amide bonds. The number of nitrogens with two attached hydrogens (primary N) is 1. The number of carbonyl (C=O) groups is 1. The lowest BCUT2D eigenvalue weighted by atomic mass is 10.3. The van der Waals surface area contributed by atoms with Crippen LogP contribution >= 0.6 is 0 Å². The van der Waals surface area contributed by atoms with Gasteiger partial charge in [-0.15, -0.1) is 0 Å². The van der Waals surface area contributed by atoms with Crippen LogP contribution in [0.5, 0.6) is 0 Å². The second-order valence-corrected chi connectivity index (χ2v) is 2.37. The molecular formula is C7H11N3O. The van der Waals surface area contributed by atoms with Gasteiger partial charge in [0.25, 0.3) is 0 Å². The third-order valence-corrected chi connectivity index (χ3v) is 1.50. The van der Waals surface area contributed by atoms with Gasteiger partial charge in [-0.2, -0.15) is 0 Å². The maximum atomic E-state index is 10.9. The first kappa shape index (κ1) is 7.94. The van der Waals surface area contributed by atoms with E-state index in [1.165, 1.54) is 0 Å². The second-order valence-electron chi connectivity index (χ2n) is 2.37. The van der Waals surface area contributed by atoms with Gasteiger partial charge in [-0.1, -0.05) is 0 Å². The molecule has 1 rings (SSSR count). The molecule has 4 nitrogen and oxygen atoms in total. The lowest BCUT2D eigenvalue weighted by molar-refractivity contribution is -0.117. The minimum atomic E-state index is 0.0132. The minimum absolute atomic E-state index is 0.0132. The van der Waals surface area contributed by atoms with Gasteiger partial charge in [-0.3, -0.25) is 4.79 Å². The van der Waals surface area contributed by atoms with Crippen LogP contribution in [0.3, 0.4) is 0 Å². The van der Waals surface area contributed by atoms with Gasteiger partial charge >= 0.3 is 0 Å². The highest BCUT2D eigenvalue weighted by Gasteiger charge is 2.04. The molecule has 0 radical (unpaired) electrons. The van der Waals surface area contributed by atoms with Crippen LogP contribution in [0.2, 0.25) is 0 Å². The molecule has 60 valence electrons. The van der Waals surface area contributed by atoms with Crippen molar-refractivity contribution in [3.63, 3.8) is 0 Å². The van der Waals surface area contributed by atoms with Crippen LogP contribution in [0, 0.1) is 0 Å². The Morgan fingerprint density at radius 3 is 3.00 bits per heavy atom. The summed E-state index contributed by atoms with van der Waals surface area (Å²) in [4.78, 5) is 14.8. The van der Waals surface area contributed by atoms with Crippen LogP contribution in [0.4, 0.5) is 0 Å². The summed E-state index contributed by atoms with van der Waals surface area (Å²) in [7, 11) is 1.85. The summed E-state index contributed by atoms with van der Waals surface area (Å²) in [6.07, 6.45) is 3.80. The Morgan fingerprint density at radius 1 is 1.82 bits per heavy atom. The first-order valence-electron chi connectivity index (χ1n) is 3.42. The van der Waals surface area contributed by atoms with Gasteiger partial charge in [0.05, 0.1) is 13.0 Å². The van der Waals surface area contributed by atoms with Gasteiger partial charge in [-0.25, -0.2) is 4.98 Å². The molecular weight excluding hydrogens is 142 g/mol. The van der Waals surface area contributed by atoms with Crippen molar-refractivity contribution < 1.29 is 4.79 Å². The number of nitrogens with zero attached hydrogens (tertiary/aromatic N) is 2. The van der Waals surface area contributed by atoms with E-state index >= 15 is 0 Å². The van der Waals surface area contributed by atoms with Crippen molar-refractivity contribution in [2.75, 3.05) is 6.54 Å². The van der Waals surface area contributed by atoms with Crippen LogP contribution in [0.1, 0.15) is 5.82 Å². The Labute approximate surface area is 65.0 Å². The quantitative estimate of drug-likeness (QED) is 0.636. The summed E-state index contributed by atoms with van der Waals surface area (Å²) in [5.41, 5.74) is 5.15. The van der Waals surface area contributed by atoms with E-state index < -0.39 is 0 Å². The van der Waals surface area contributed by atoms with Crippen molar-refractivity contribution in [2.45, 2.75) is 6.42 Å². The third-order valence-electron chi connectivity index (χ3n) is 1.50. The fraction of sp³-hybridized carbons (Fsp3) is 0.429. The van der Waals surface area contributed by atoms with E-state index in [1.807, 2.05) is 11.6 Å². The average molecular weight is 153 g/mol. The number of hydrogen-bond acceptors (Lipinski definition) is 3. The fourth-order valence-electron chi connectivity index (χ4n) is 0.815. The zero-order valence-corrected chi connectivity index (χ0v) is 6.45. The lowest BCUT2D eigenvalue weighted by Crippen LogP contribution is -2.17. The predicted octanol–water partition coefficient (Wildman–Crippen LogP) is -0.510. The zero-order chi connectivity index (χ0) is 8.27. The fourth-order valence-corrected chi connectivity index (χ4v) is 0.815. The molecule has 0 aliphatic rings. The van der Waals surface area contributed by atoms with Crippen LogP contribution < -0.4 is 5.73 Å². The Hall–Kier alpha value is -1.16. The van der Waals surface area contributed by atoms with Crippen molar-refractivity contribution in [3.05, 3.63) is 18.2 Å². The van der Waals surface area contributed by atoms with Crippen molar-refractivity contribution in [2.24, 2.45) is 12.8 Å². The molecule has 11 heavy (non-hydrogen) atoms. The minimum Gasteiger partial charge on any atom is -0.338 e. The molecule has 1 heterocycles. The number of imidazole rings is 1. The lowest BCUT2D eigenvalue weighted by Gasteiger charge is -1.97. The maximum absolute atomic E-state index is 10.9. The second kappa shape index (κ2) is 3.30. The summed E-state index contributed by atoms with van der Waals surface area (Å²) in [5, 5.41) is 0. The summed E-state index contributed by atoms with van der Waals surface area (Å²) in [6, 6.07) is 0. The number of rotatable bonds is 3. The molecule has 0 atom stereocenters. The molecule has 0 fully saturated rings. The number of ketones is 1. The van der Waals surface area contributed by atoms with E-state index in [-0.39, 0.29) is 12.3 Å². The summed E-state index contributed by atoms with van der Waals surface area (Å²) >= 11 is 0. The smallest absolute Gasteiger partial charge is 0.153 e. The molecule has 0 aliphatic carbocycles. The standard InChI is InChI=1S/C7H11N3O/c1-10-3-2-9-7(10)4-6(11)5-8/h2-3H,4-5,8H2,1H3. The van der Waals surface area contributed by atoms with E-state index in [2.05, 4.69) is 4.98 Å². The summed E-state index contributed by atoms with van der Waals surface area (Å²) < 4.78 is 1.81. The average Bonchev–Trinajstić information content (AvgIpc) is 2.37. The SMILES string of the molecule is Cn1ccnc1CC(=O)CN. The van der Waals surface area contributed by atoms with E-state index in [0.29, 0.717) is 6.42 Å². The number of aromatic nitrogens is 2. The topological polar surface area (TPSA) is 60.9 Å². The highest BCUT2D eigenvalue weighted by Crippen LogP contribution is 1.94. The Bertz CT molecular complexity index is 254. The largest absolute Gasteiger partial charge is 0.338 e. The highest BCUT2D eigenvalue weighted by molar-refractivity contribution is 5.81. The molecule has 1 aromatic heterocycles. The number of aryl methyl sites for hydroxylation is 1. The molecule has 0 saturated heterocycles. The van der Waals surface area contributed by atoms with Crippen LogP contribution in [0.15, 0.2) is 12.4 Å². The molecule has 0 spiro atoms. The molecule has 4 heteroatoms. The van der Waals surface area contributed by atoms with Gasteiger partial charge in [0.15, 0.2) is 5.78 Å². The Balaban J connectivity index is 2.64. The Morgan fingerprint density at radius 2 is 2.55 bits per heavy atom. The van der Waals surface area contributed by atoms with E-state index in [0.717, 1.165) is 5.82 Å². The van der Waals surface area contributed by atoms with Gasteiger partial charge in [0.2, 0.25) is 0 Å². The van der Waals surface area contributed by atoms with Crippen molar-refractivity contribution >= 4 is 5.78 Å². The molecule has 0 aliphatic heterocycles. The van der Waals surface area contributed by atoms with Gasteiger partial charge < -0.3 is 10.3 Å². The molecule has 0 unspecified atom stereocenters. The van der Waals surface area contributed by atoms with E-state index in [4.69, 9.17) is 5.73 Å². The third kappa shape index (κ3) is 1.88. The number of hydrogen-bond donors (Lipinski definition) is 1. The van der Waals surface area contributed by atoms with Crippen molar-refractivity contribution in [1.29, 1.82) is 0 Å². The molecule has 1 aromatic rings. The number of carbonyl (C=O) groups excluding carboxylic acids is 1. The zero-order valence-electron chi connectivity index (χ0n) is 6.45. The van der Waals surface area contributed by atoms with Gasteiger partial charge in [0.1, 0.15) is 5.82 Å². The Kier molecular flexibility index (Phi) is 2.38. The van der Waals surface area contributed by atoms with Crippen molar-refractivity contribution in [1.82, 2.24) is 9.55 Å². The van der Waals surface area contributed by atoms with Crippen LogP contribution in [-0.2, 0) is 18.3 Å². The molecule has 0 aromatic carbocycles. The first-order valence-corrected chi connectivity index (χ1v) is 3.42. The van der Waals surface area contributed by atoms with Gasteiger partial charge in [-0.05, 0) is 0 Å². The van der Waals surface area contributed by atoms with E-state index in [1.54, 1.807) is 12.4 Å². The summed E-state index contributed by atoms with van der Waals surface area (Å²) in [6.45, 7) is 0.0901. The normalized spacial score (nSPS) is 10.0. The van der Waals surface area contributed by atoms with Crippen molar-refractivity contribution in [3.8, 4) is 0 Å². The van der Waals surface area contributed by atoms with Crippen LogP contribution in [-0.4, -0.2) is 21.9 Å². The summed E-state index contributed by atoms with van der Waals surface area (Å²) in [5.74, 6) is 0.778. The molecule has 0 bridgehead atoms. The first-order chi connectivity index (χ1) is 5.24. The monoisotopic (exact) mass is 153 g/mol. The molecule has 2 N–H and O–H groups in total. The van der Waals surface area contributed by atoms with Crippen LogP contribution in [0.25, 0.3) is 0 Å². The maximum Gasteiger partial charge on any atom is 0.153 e. The number of Topliss-reactive ketones (excluding diaryl/α,β-unsaturated/α-hetero) is 1. The van der Waals surface area contributed by atoms with E-state index in [9.17, 15) is 4.79 Å². The van der Waals surface area contributed by atoms with Gasteiger partial charge in [0, 0.05) is 19.4 Å². The predicted molar refractivity (Wildman–Crippen MR) is 41.0 cm³/mol. The molecule has 0 saturated carbocycles. The highest BCUT2D eigenvalue weighted by atomic mass is 16.1.